The number of hydrogen-bond acceptors (Lipinski definition) is 4. The zero-order chi connectivity index (χ0) is 12.3. The van der Waals surface area contributed by atoms with Crippen molar-refractivity contribution in [3.63, 3.8) is 0 Å². The number of amides is 1. The molecule has 1 atom stereocenters. The van der Waals surface area contributed by atoms with E-state index in [1.165, 1.54) is 0 Å². The van der Waals surface area contributed by atoms with E-state index >= 15 is 0 Å². The minimum Gasteiger partial charge on any atom is -0.374 e. The van der Waals surface area contributed by atoms with Crippen molar-refractivity contribution in [1.82, 2.24) is 20.4 Å². The monoisotopic (exact) mass is 238 g/mol. The molecule has 0 aromatic carbocycles. The van der Waals surface area contributed by atoms with E-state index in [4.69, 9.17) is 4.74 Å². The third kappa shape index (κ3) is 2.83. The molecule has 0 saturated carbocycles. The van der Waals surface area contributed by atoms with Crippen molar-refractivity contribution in [3.05, 3.63) is 17.5 Å². The molecule has 2 heterocycles. The Morgan fingerprint density at radius 1 is 1.76 bits per heavy atom. The van der Waals surface area contributed by atoms with E-state index in [0.717, 1.165) is 18.8 Å². The molecule has 0 bridgehead atoms. The number of aromatic nitrogens is 2. The zero-order valence-corrected chi connectivity index (χ0v) is 10.2. The number of morpholine rings is 1. The van der Waals surface area contributed by atoms with Crippen LogP contribution in [0.3, 0.4) is 0 Å². The van der Waals surface area contributed by atoms with Crippen LogP contribution in [0, 0.1) is 6.92 Å². The highest BCUT2D eigenvalue weighted by molar-refractivity contribution is 5.95. The average Bonchev–Trinajstić information content (AvgIpc) is 2.69. The van der Waals surface area contributed by atoms with Gasteiger partial charge in [-0.2, -0.15) is 5.10 Å². The molecule has 1 amide bonds. The van der Waals surface area contributed by atoms with Crippen LogP contribution in [-0.4, -0.2) is 48.0 Å². The third-order valence-corrected chi connectivity index (χ3v) is 2.97. The third-order valence-electron chi connectivity index (χ3n) is 2.97. The average molecular weight is 238 g/mol. The fourth-order valence-electron chi connectivity index (χ4n) is 1.77. The molecule has 1 aromatic rings. The minimum absolute atomic E-state index is 0.0599. The highest BCUT2D eigenvalue weighted by Crippen LogP contribution is 2.05. The van der Waals surface area contributed by atoms with Gasteiger partial charge in [-0.3, -0.25) is 9.48 Å². The molecule has 6 heteroatoms. The van der Waals surface area contributed by atoms with Gasteiger partial charge in [0.1, 0.15) is 0 Å². The van der Waals surface area contributed by atoms with Gasteiger partial charge in [-0.1, -0.05) is 0 Å². The lowest BCUT2D eigenvalue weighted by atomic mass is 10.2. The molecule has 2 N–H and O–H groups in total. The van der Waals surface area contributed by atoms with E-state index in [1.54, 1.807) is 10.9 Å². The van der Waals surface area contributed by atoms with E-state index in [2.05, 4.69) is 15.7 Å². The van der Waals surface area contributed by atoms with E-state index in [1.807, 2.05) is 14.0 Å². The van der Waals surface area contributed by atoms with Gasteiger partial charge in [-0.05, 0) is 6.92 Å². The Bertz CT molecular complexity index is 396. The van der Waals surface area contributed by atoms with Gasteiger partial charge in [0.2, 0.25) is 0 Å². The number of rotatable bonds is 3. The second-order valence-electron chi connectivity index (χ2n) is 4.17. The fourth-order valence-corrected chi connectivity index (χ4v) is 1.77. The van der Waals surface area contributed by atoms with E-state index in [-0.39, 0.29) is 12.0 Å². The normalized spacial score (nSPS) is 20.2. The SMILES string of the molecule is Cc1c(C(=O)NCC2CNCCO2)cnn1C. The smallest absolute Gasteiger partial charge is 0.254 e. The van der Waals surface area contributed by atoms with Crippen LogP contribution in [0.1, 0.15) is 16.1 Å². The number of carbonyl (C=O) groups excluding carboxylic acids is 1. The Kier molecular flexibility index (Phi) is 3.75. The molecule has 94 valence electrons. The van der Waals surface area contributed by atoms with Crippen LogP contribution in [0.4, 0.5) is 0 Å². The quantitative estimate of drug-likeness (QED) is 0.741. The lowest BCUT2D eigenvalue weighted by Crippen LogP contribution is -2.45. The Labute approximate surface area is 100 Å². The highest BCUT2D eigenvalue weighted by Gasteiger charge is 2.17. The van der Waals surface area contributed by atoms with E-state index in [9.17, 15) is 4.79 Å². The van der Waals surface area contributed by atoms with Crippen molar-refractivity contribution in [3.8, 4) is 0 Å². The number of nitrogens with zero attached hydrogens (tertiary/aromatic N) is 2. The van der Waals surface area contributed by atoms with Gasteiger partial charge in [0.05, 0.1) is 24.5 Å². The van der Waals surface area contributed by atoms with E-state index in [0.29, 0.717) is 18.7 Å². The maximum atomic E-state index is 11.9. The molecular weight excluding hydrogens is 220 g/mol. The molecule has 0 aliphatic carbocycles. The van der Waals surface area contributed by atoms with Crippen molar-refractivity contribution in [2.75, 3.05) is 26.2 Å². The predicted octanol–water partition coefficient (Wildman–Crippen LogP) is -0.553. The molecule has 1 fully saturated rings. The molecule has 1 aliphatic rings. The molecule has 6 nitrogen and oxygen atoms in total. The van der Waals surface area contributed by atoms with Gasteiger partial charge in [-0.25, -0.2) is 0 Å². The van der Waals surface area contributed by atoms with Crippen LogP contribution in [0.5, 0.6) is 0 Å². The Hall–Kier alpha value is -1.40. The van der Waals surface area contributed by atoms with Crippen molar-refractivity contribution < 1.29 is 9.53 Å². The van der Waals surface area contributed by atoms with Gasteiger partial charge >= 0.3 is 0 Å². The van der Waals surface area contributed by atoms with Crippen LogP contribution in [0.2, 0.25) is 0 Å². The summed E-state index contributed by atoms with van der Waals surface area (Å²) in [7, 11) is 1.82. The number of carbonyl (C=O) groups is 1. The van der Waals surface area contributed by atoms with Gasteiger partial charge in [-0.15, -0.1) is 0 Å². The summed E-state index contributed by atoms with van der Waals surface area (Å²) < 4.78 is 7.19. The molecule has 1 aliphatic heterocycles. The predicted molar refractivity (Wildman–Crippen MR) is 62.9 cm³/mol. The van der Waals surface area contributed by atoms with Crippen molar-refractivity contribution in [2.45, 2.75) is 13.0 Å². The number of ether oxygens (including phenoxy) is 1. The van der Waals surface area contributed by atoms with Crippen molar-refractivity contribution in [2.24, 2.45) is 7.05 Å². The molecular formula is C11H18N4O2. The summed E-state index contributed by atoms with van der Waals surface area (Å²) in [6.07, 6.45) is 1.65. The maximum Gasteiger partial charge on any atom is 0.254 e. The standard InChI is InChI=1S/C11H18N4O2/c1-8-10(7-14-15(8)2)11(16)13-6-9-5-12-3-4-17-9/h7,9,12H,3-6H2,1-2H3,(H,13,16). The van der Waals surface area contributed by atoms with Crippen LogP contribution in [0.25, 0.3) is 0 Å². The first-order chi connectivity index (χ1) is 8.18. The Balaban J connectivity index is 1.86. The van der Waals surface area contributed by atoms with Gasteiger partial charge in [0.15, 0.2) is 0 Å². The van der Waals surface area contributed by atoms with Crippen LogP contribution in [-0.2, 0) is 11.8 Å². The summed E-state index contributed by atoms with van der Waals surface area (Å²) in [5, 5.41) is 10.1. The van der Waals surface area contributed by atoms with E-state index < -0.39 is 0 Å². The first kappa shape index (κ1) is 12.1. The van der Waals surface area contributed by atoms with Gasteiger partial charge in [0, 0.05) is 32.4 Å². The van der Waals surface area contributed by atoms with Crippen LogP contribution in [0.15, 0.2) is 6.20 Å². The van der Waals surface area contributed by atoms with Crippen molar-refractivity contribution >= 4 is 5.91 Å². The Morgan fingerprint density at radius 3 is 3.18 bits per heavy atom. The summed E-state index contributed by atoms with van der Waals surface area (Å²) in [4.78, 5) is 11.9. The molecule has 1 aromatic heterocycles. The van der Waals surface area contributed by atoms with Gasteiger partial charge in [0.25, 0.3) is 5.91 Å². The molecule has 17 heavy (non-hydrogen) atoms. The highest BCUT2D eigenvalue weighted by atomic mass is 16.5. The zero-order valence-electron chi connectivity index (χ0n) is 10.2. The fraction of sp³-hybridized carbons (Fsp3) is 0.636. The molecule has 2 rings (SSSR count). The van der Waals surface area contributed by atoms with Crippen molar-refractivity contribution in [1.29, 1.82) is 0 Å². The second-order valence-corrected chi connectivity index (χ2v) is 4.17. The lowest BCUT2D eigenvalue weighted by Gasteiger charge is -2.23. The molecule has 1 saturated heterocycles. The van der Waals surface area contributed by atoms with Crippen LogP contribution >= 0.6 is 0 Å². The van der Waals surface area contributed by atoms with Gasteiger partial charge < -0.3 is 15.4 Å². The second kappa shape index (κ2) is 5.29. The molecule has 0 spiro atoms. The first-order valence-electron chi connectivity index (χ1n) is 5.77. The lowest BCUT2D eigenvalue weighted by molar-refractivity contribution is 0.0287. The Morgan fingerprint density at radius 2 is 2.59 bits per heavy atom. The molecule has 1 unspecified atom stereocenters. The minimum atomic E-state index is -0.0928. The summed E-state index contributed by atoms with van der Waals surface area (Å²) in [6.45, 7) is 4.77. The number of nitrogens with one attached hydrogen (secondary N) is 2. The molecule has 0 radical (unpaired) electrons. The summed E-state index contributed by atoms with van der Waals surface area (Å²) in [5.74, 6) is -0.0928. The largest absolute Gasteiger partial charge is 0.374 e. The summed E-state index contributed by atoms with van der Waals surface area (Å²) >= 11 is 0. The van der Waals surface area contributed by atoms with Crippen LogP contribution < -0.4 is 10.6 Å². The topological polar surface area (TPSA) is 68.2 Å². The summed E-state index contributed by atoms with van der Waals surface area (Å²) in [6, 6.07) is 0. The first-order valence-corrected chi connectivity index (χ1v) is 5.77. The summed E-state index contributed by atoms with van der Waals surface area (Å²) in [5.41, 5.74) is 1.49. The number of aryl methyl sites for hydroxylation is 1. The maximum absolute atomic E-state index is 11.9. The number of hydrogen-bond donors (Lipinski definition) is 2.